The molecule has 22 heavy (non-hydrogen) atoms. The van der Waals surface area contributed by atoms with Crippen molar-refractivity contribution < 1.29 is 9.47 Å². The molecule has 3 heterocycles. The molecule has 0 bridgehead atoms. The van der Waals surface area contributed by atoms with Crippen LogP contribution in [0.4, 0.5) is 0 Å². The molecule has 4 rings (SSSR count). The van der Waals surface area contributed by atoms with E-state index in [0.717, 1.165) is 37.4 Å². The summed E-state index contributed by atoms with van der Waals surface area (Å²) in [5.74, 6) is 1.66. The van der Waals surface area contributed by atoms with Crippen molar-refractivity contribution in [1.82, 2.24) is 9.88 Å². The van der Waals surface area contributed by atoms with Gasteiger partial charge in [0.2, 0.25) is 5.88 Å². The van der Waals surface area contributed by atoms with Crippen LogP contribution in [0, 0.1) is 0 Å². The number of rotatable bonds is 2. The minimum atomic E-state index is 0.456. The van der Waals surface area contributed by atoms with Crippen molar-refractivity contribution in [1.29, 1.82) is 0 Å². The molecule has 114 valence electrons. The van der Waals surface area contributed by atoms with E-state index in [9.17, 15) is 0 Å². The molecule has 2 aliphatic rings. The van der Waals surface area contributed by atoms with Gasteiger partial charge >= 0.3 is 0 Å². The van der Waals surface area contributed by atoms with Crippen molar-refractivity contribution in [2.24, 2.45) is 0 Å². The highest BCUT2D eigenvalue weighted by molar-refractivity contribution is 5.42. The van der Waals surface area contributed by atoms with Gasteiger partial charge in [0.05, 0.1) is 19.9 Å². The Morgan fingerprint density at radius 1 is 1.09 bits per heavy atom. The van der Waals surface area contributed by atoms with Crippen LogP contribution in [0.3, 0.4) is 0 Å². The molecule has 1 atom stereocenters. The van der Waals surface area contributed by atoms with Crippen LogP contribution in [-0.2, 0) is 19.4 Å². The minimum Gasteiger partial charge on any atom is -0.497 e. The summed E-state index contributed by atoms with van der Waals surface area (Å²) >= 11 is 0. The quantitative estimate of drug-likeness (QED) is 0.853. The van der Waals surface area contributed by atoms with Gasteiger partial charge in [-0.2, -0.15) is 0 Å². The Hall–Kier alpha value is -2.07. The molecule has 0 N–H and O–H groups in total. The summed E-state index contributed by atoms with van der Waals surface area (Å²) in [7, 11) is 3.40. The Bertz CT molecular complexity index is 714. The molecule has 4 nitrogen and oxygen atoms in total. The SMILES string of the molecule is COc1ccc2c(c1)CCN1Cc3nc(OC)ccc3CC21. The number of fused-ring (bicyclic) bond motifs is 4. The number of benzene rings is 1. The first kappa shape index (κ1) is 13.6. The van der Waals surface area contributed by atoms with Crippen LogP contribution < -0.4 is 9.47 Å². The molecule has 2 aliphatic heterocycles. The zero-order valence-electron chi connectivity index (χ0n) is 13.0. The molecule has 1 aromatic carbocycles. The number of methoxy groups -OCH3 is 2. The average Bonchev–Trinajstić information content (AvgIpc) is 2.58. The molecule has 0 spiro atoms. The van der Waals surface area contributed by atoms with Gasteiger partial charge in [-0.25, -0.2) is 4.98 Å². The molecule has 1 aromatic heterocycles. The van der Waals surface area contributed by atoms with Gasteiger partial charge in [-0.15, -0.1) is 0 Å². The molecule has 0 amide bonds. The second-order valence-electron chi connectivity index (χ2n) is 5.96. The van der Waals surface area contributed by atoms with Crippen molar-refractivity contribution in [3.63, 3.8) is 0 Å². The van der Waals surface area contributed by atoms with E-state index < -0.39 is 0 Å². The lowest BCUT2D eigenvalue weighted by molar-refractivity contribution is 0.157. The zero-order chi connectivity index (χ0) is 15.1. The molecule has 1 unspecified atom stereocenters. The lowest BCUT2D eigenvalue weighted by Crippen LogP contribution is -2.39. The minimum absolute atomic E-state index is 0.456. The van der Waals surface area contributed by atoms with E-state index in [4.69, 9.17) is 9.47 Å². The summed E-state index contributed by atoms with van der Waals surface area (Å²) in [6, 6.07) is 11.1. The van der Waals surface area contributed by atoms with Crippen LogP contribution in [-0.4, -0.2) is 30.6 Å². The summed E-state index contributed by atoms with van der Waals surface area (Å²) < 4.78 is 10.6. The van der Waals surface area contributed by atoms with Gasteiger partial charge in [0.1, 0.15) is 5.75 Å². The highest BCUT2D eigenvalue weighted by atomic mass is 16.5. The first-order valence-corrected chi connectivity index (χ1v) is 7.72. The molecule has 0 aliphatic carbocycles. The van der Waals surface area contributed by atoms with E-state index in [0.29, 0.717) is 11.9 Å². The van der Waals surface area contributed by atoms with Gasteiger partial charge in [-0.3, -0.25) is 4.90 Å². The van der Waals surface area contributed by atoms with Gasteiger partial charge < -0.3 is 9.47 Å². The topological polar surface area (TPSA) is 34.6 Å². The van der Waals surface area contributed by atoms with Crippen molar-refractivity contribution >= 4 is 0 Å². The summed E-state index contributed by atoms with van der Waals surface area (Å²) in [6.45, 7) is 1.98. The largest absolute Gasteiger partial charge is 0.497 e. The smallest absolute Gasteiger partial charge is 0.213 e. The Morgan fingerprint density at radius 3 is 2.82 bits per heavy atom. The van der Waals surface area contributed by atoms with Crippen molar-refractivity contribution in [2.75, 3.05) is 20.8 Å². The summed E-state index contributed by atoms with van der Waals surface area (Å²) in [6.07, 6.45) is 2.09. The summed E-state index contributed by atoms with van der Waals surface area (Å²) in [5.41, 5.74) is 5.36. The lowest BCUT2D eigenvalue weighted by Gasteiger charge is -2.41. The first-order chi connectivity index (χ1) is 10.8. The van der Waals surface area contributed by atoms with Crippen molar-refractivity contribution in [2.45, 2.75) is 25.4 Å². The molecule has 0 fully saturated rings. The number of ether oxygens (including phenoxy) is 2. The third kappa shape index (κ3) is 2.15. The number of nitrogens with zero attached hydrogens (tertiary/aromatic N) is 2. The van der Waals surface area contributed by atoms with E-state index in [2.05, 4.69) is 34.1 Å². The van der Waals surface area contributed by atoms with E-state index in [-0.39, 0.29) is 0 Å². The van der Waals surface area contributed by atoms with Crippen LogP contribution in [0.5, 0.6) is 11.6 Å². The molecule has 0 radical (unpaired) electrons. The third-order valence-corrected chi connectivity index (χ3v) is 4.84. The van der Waals surface area contributed by atoms with Crippen LogP contribution >= 0.6 is 0 Å². The predicted octanol–water partition coefficient (Wildman–Crippen LogP) is 2.75. The highest BCUT2D eigenvalue weighted by Gasteiger charge is 2.32. The number of pyridine rings is 1. The maximum atomic E-state index is 5.36. The predicted molar refractivity (Wildman–Crippen MR) is 84.3 cm³/mol. The number of hydrogen-bond donors (Lipinski definition) is 0. The molecule has 0 saturated carbocycles. The second-order valence-corrected chi connectivity index (χ2v) is 5.96. The highest BCUT2D eigenvalue weighted by Crippen LogP contribution is 2.38. The number of hydrogen-bond acceptors (Lipinski definition) is 4. The fourth-order valence-corrected chi connectivity index (χ4v) is 3.64. The molecule has 2 aromatic rings. The van der Waals surface area contributed by atoms with Crippen LogP contribution in [0.1, 0.15) is 28.4 Å². The summed E-state index contributed by atoms with van der Waals surface area (Å²) in [5, 5.41) is 0. The van der Waals surface area contributed by atoms with Crippen LogP contribution in [0.15, 0.2) is 30.3 Å². The van der Waals surface area contributed by atoms with Crippen molar-refractivity contribution in [3.05, 3.63) is 52.7 Å². The van der Waals surface area contributed by atoms with Gasteiger partial charge in [-0.05, 0) is 41.7 Å². The first-order valence-electron chi connectivity index (χ1n) is 7.72. The standard InChI is InChI=1S/C18H20N2O2/c1-21-14-4-5-15-12(9-14)7-8-20-11-16-13(10-17(15)20)3-6-18(19-16)22-2/h3-6,9,17H,7-8,10-11H2,1-2H3. The molecule has 0 saturated heterocycles. The van der Waals surface area contributed by atoms with Gasteiger partial charge in [0.15, 0.2) is 0 Å². The van der Waals surface area contributed by atoms with Gasteiger partial charge in [-0.1, -0.05) is 12.1 Å². The fourth-order valence-electron chi connectivity index (χ4n) is 3.64. The van der Waals surface area contributed by atoms with Gasteiger partial charge in [0.25, 0.3) is 0 Å². The Morgan fingerprint density at radius 2 is 2.00 bits per heavy atom. The average molecular weight is 296 g/mol. The molecular formula is C18H20N2O2. The zero-order valence-corrected chi connectivity index (χ0v) is 13.0. The lowest BCUT2D eigenvalue weighted by atomic mass is 9.85. The Kier molecular flexibility index (Phi) is 3.26. The Balaban J connectivity index is 1.70. The van der Waals surface area contributed by atoms with E-state index in [1.165, 1.54) is 16.7 Å². The summed E-state index contributed by atoms with van der Waals surface area (Å²) in [4.78, 5) is 7.15. The molecule has 4 heteroatoms. The van der Waals surface area contributed by atoms with Crippen molar-refractivity contribution in [3.8, 4) is 11.6 Å². The van der Waals surface area contributed by atoms with Crippen LogP contribution in [0.25, 0.3) is 0 Å². The van der Waals surface area contributed by atoms with E-state index in [1.807, 2.05) is 6.07 Å². The number of aromatic nitrogens is 1. The normalized spacial score (nSPS) is 19.8. The third-order valence-electron chi connectivity index (χ3n) is 4.84. The molecular weight excluding hydrogens is 276 g/mol. The maximum absolute atomic E-state index is 5.36. The van der Waals surface area contributed by atoms with Crippen LogP contribution in [0.2, 0.25) is 0 Å². The second kappa shape index (κ2) is 5.29. The van der Waals surface area contributed by atoms with Gasteiger partial charge in [0, 0.05) is 25.2 Å². The monoisotopic (exact) mass is 296 g/mol. The van der Waals surface area contributed by atoms with E-state index >= 15 is 0 Å². The maximum Gasteiger partial charge on any atom is 0.213 e. The van der Waals surface area contributed by atoms with E-state index in [1.54, 1.807) is 14.2 Å². The fraction of sp³-hybridized carbons (Fsp3) is 0.389. The Labute approximate surface area is 130 Å².